The van der Waals surface area contributed by atoms with Gasteiger partial charge >= 0.3 is 0 Å². The first-order valence-electron chi connectivity index (χ1n) is 5.94. The first kappa shape index (κ1) is 14.1. The highest BCUT2D eigenvalue weighted by molar-refractivity contribution is 5.19. The van der Waals surface area contributed by atoms with Crippen molar-refractivity contribution in [3.05, 3.63) is 35.6 Å². The van der Waals surface area contributed by atoms with Crippen LogP contribution in [-0.2, 0) is 0 Å². The van der Waals surface area contributed by atoms with Crippen molar-refractivity contribution in [2.45, 2.75) is 19.4 Å². The fourth-order valence-corrected chi connectivity index (χ4v) is 1.78. The lowest BCUT2D eigenvalue weighted by molar-refractivity contribution is 0.130. The Morgan fingerprint density at radius 1 is 1.29 bits per heavy atom. The second-order valence-corrected chi connectivity index (χ2v) is 3.98. The molecule has 1 unspecified atom stereocenters. The van der Waals surface area contributed by atoms with Crippen molar-refractivity contribution in [3.8, 4) is 0 Å². The highest BCUT2D eigenvalue weighted by Gasteiger charge is 2.13. The summed E-state index contributed by atoms with van der Waals surface area (Å²) in [6, 6.07) is 6.27. The Balaban J connectivity index is 2.49. The average molecular weight is 241 g/mol. The molecule has 0 saturated heterocycles. The van der Waals surface area contributed by atoms with Crippen LogP contribution in [0.3, 0.4) is 0 Å². The second kappa shape index (κ2) is 7.37. The summed E-state index contributed by atoms with van der Waals surface area (Å²) in [4.78, 5) is 2.02. The molecule has 3 nitrogen and oxygen atoms in total. The van der Waals surface area contributed by atoms with E-state index in [1.807, 2.05) is 11.8 Å². The van der Waals surface area contributed by atoms with Gasteiger partial charge in [-0.15, -0.1) is 0 Å². The van der Waals surface area contributed by atoms with Gasteiger partial charge in [0.15, 0.2) is 0 Å². The summed E-state index contributed by atoms with van der Waals surface area (Å²) in [7, 11) is 0. The molecule has 0 aliphatic rings. The minimum atomic E-state index is -0.788. The Morgan fingerprint density at radius 3 is 2.59 bits per heavy atom. The minimum absolute atomic E-state index is 0.101. The number of hydrogen-bond donors (Lipinski definition) is 2. The smallest absolute Gasteiger partial charge is 0.128 e. The van der Waals surface area contributed by atoms with Crippen LogP contribution >= 0.6 is 0 Å². The van der Waals surface area contributed by atoms with Crippen LogP contribution in [0.2, 0.25) is 0 Å². The Morgan fingerprint density at radius 2 is 2.00 bits per heavy atom. The molecule has 0 saturated carbocycles. The molecule has 1 rings (SSSR count). The number of halogens is 1. The second-order valence-electron chi connectivity index (χ2n) is 3.98. The maximum atomic E-state index is 13.4. The summed E-state index contributed by atoms with van der Waals surface area (Å²) < 4.78 is 13.4. The summed E-state index contributed by atoms with van der Waals surface area (Å²) in [5, 5.41) is 18.7. The van der Waals surface area contributed by atoms with Crippen LogP contribution in [0.15, 0.2) is 24.3 Å². The van der Waals surface area contributed by atoms with Crippen LogP contribution in [0.5, 0.6) is 0 Å². The van der Waals surface area contributed by atoms with Crippen LogP contribution in [-0.4, -0.2) is 41.4 Å². The van der Waals surface area contributed by atoms with Gasteiger partial charge in [-0.3, -0.25) is 0 Å². The van der Waals surface area contributed by atoms with E-state index in [1.54, 1.807) is 18.2 Å². The zero-order valence-corrected chi connectivity index (χ0v) is 10.1. The zero-order chi connectivity index (χ0) is 12.7. The van der Waals surface area contributed by atoms with Crippen LogP contribution in [0.1, 0.15) is 25.0 Å². The van der Waals surface area contributed by atoms with Crippen molar-refractivity contribution in [1.29, 1.82) is 0 Å². The quantitative estimate of drug-likeness (QED) is 0.761. The minimum Gasteiger partial charge on any atom is -0.395 e. The van der Waals surface area contributed by atoms with E-state index in [9.17, 15) is 9.50 Å². The third kappa shape index (κ3) is 4.42. The summed E-state index contributed by atoms with van der Waals surface area (Å²) in [6.07, 6.45) is -0.321. The van der Waals surface area contributed by atoms with E-state index in [-0.39, 0.29) is 12.4 Å². The van der Waals surface area contributed by atoms with E-state index < -0.39 is 6.10 Å². The third-order valence-electron chi connectivity index (χ3n) is 2.85. The van der Waals surface area contributed by atoms with Crippen molar-refractivity contribution in [1.82, 2.24) is 4.90 Å². The van der Waals surface area contributed by atoms with E-state index in [4.69, 9.17) is 5.11 Å². The standard InChI is InChI=1S/C13H20FNO2/c1-2-15(9-10-16)8-7-13(17)11-5-3-4-6-12(11)14/h3-6,13,16-17H,2,7-10H2,1H3. The van der Waals surface area contributed by atoms with E-state index in [1.165, 1.54) is 6.07 Å². The normalized spacial score (nSPS) is 13.0. The number of likely N-dealkylation sites (N-methyl/N-ethyl adjacent to an activating group) is 1. The third-order valence-corrected chi connectivity index (χ3v) is 2.85. The maximum absolute atomic E-state index is 13.4. The highest BCUT2D eigenvalue weighted by Crippen LogP contribution is 2.19. The van der Waals surface area contributed by atoms with Crippen LogP contribution in [0, 0.1) is 5.82 Å². The van der Waals surface area contributed by atoms with Gasteiger partial charge in [0.2, 0.25) is 0 Å². The molecule has 1 aromatic rings. The van der Waals surface area contributed by atoms with Gasteiger partial charge in [-0.05, 0) is 19.0 Å². The molecule has 4 heteroatoms. The van der Waals surface area contributed by atoms with Gasteiger partial charge in [0, 0.05) is 18.7 Å². The van der Waals surface area contributed by atoms with Gasteiger partial charge in [0.1, 0.15) is 5.82 Å². The van der Waals surface area contributed by atoms with E-state index >= 15 is 0 Å². The lowest BCUT2D eigenvalue weighted by atomic mass is 10.1. The largest absolute Gasteiger partial charge is 0.395 e. The molecule has 0 radical (unpaired) electrons. The molecule has 0 heterocycles. The number of nitrogens with zero attached hydrogens (tertiary/aromatic N) is 1. The maximum Gasteiger partial charge on any atom is 0.128 e. The van der Waals surface area contributed by atoms with Crippen molar-refractivity contribution < 1.29 is 14.6 Å². The fraction of sp³-hybridized carbons (Fsp3) is 0.538. The van der Waals surface area contributed by atoms with Gasteiger partial charge in [-0.2, -0.15) is 0 Å². The Labute approximate surface area is 101 Å². The summed E-state index contributed by atoms with van der Waals surface area (Å²) >= 11 is 0. The molecule has 0 aliphatic heterocycles. The molecule has 96 valence electrons. The topological polar surface area (TPSA) is 43.7 Å². The summed E-state index contributed by atoms with van der Waals surface area (Å²) in [5.41, 5.74) is 0.340. The van der Waals surface area contributed by atoms with Gasteiger partial charge in [0.25, 0.3) is 0 Å². The predicted octanol–water partition coefficient (Wildman–Crippen LogP) is 1.56. The number of aliphatic hydroxyl groups excluding tert-OH is 2. The lowest BCUT2D eigenvalue weighted by Crippen LogP contribution is -2.28. The van der Waals surface area contributed by atoms with Crippen molar-refractivity contribution in [2.24, 2.45) is 0 Å². The van der Waals surface area contributed by atoms with Gasteiger partial charge in [-0.1, -0.05) is 25.1 Å². The summed E-state index contributed by atoms with van der Waals surface area (Å²) in [6.45, 7) is 4.13. The number of aliphatic hydroxyl groups is 2. The number of benzene rings is 1. The predicted molar refractivity (Wildman–Crippen MR) is 65.2 cm³/mol. The van der Waals surface area contributed by atoms with Gasteiger partial charge < -0.3 is 15.1 Å². The molecular weight excluding hydrogens is 221 g/mol. The Kier molecular flexibility index (Phi) is 6.11. The molecule has 1 atom stereocenters. The van der Waals surface area contributed by atoms with Crippen molar-refractivity contribution in [3.63, 3.8) is 0 Å². The average Bonchev–Trinajstić information content (AvgIpc) is 2.34. The van der Waals surface area contributed by atoms with Gasteiger partial charge in [0.05, 0.1) is 12.7 Å². The fourth-order valence-electron chi connectivity index (χ4n) is 1.78. The molecule has 0 fully saturated rings. The highest BCUT2D eigenvalue weighted by atomic mass is 19.1. The zero-order valence-electron chi connectivity index (χ0n) is 10.1. The molecule has 0 aliphatic carbocycles. The van der Waals surface area contributed by atoms with E-state index in [0.717, 1.165) is 6.54 Å². The molecule has 0 bridgehead atoms. The van der Waals surface area contributed by atoms with E-state index in [0.29, 0.717) is 25.1 Å². The number of rotatable bonds is 7. The molecule has 1 aromatic carbocycles. The van der Waals surface area contributed by atoms with Gasteiger partial charge in [-0.25, -0.2) is 4.39 Å². The lowest BCUT2D eigenvalue weighted by Gasteiger charge is -2.21. The summed E-state index contributed by atoms with van der Waals surface area (Å²) in [5.74, 6) is -0.370. The van der Waals surface area contributed by atoms with Crippen LogP contribution in [0.25, 0.3) is 0 Å². The first-order chi connectivity index (χ1) is 8.19. The van der Waals surface area contributed by atoms with E-state index in [2.05, 4.69) is 0 Å². The molecule has 0 spiro atoms. The van der Waals surface area contributed by atoms with Crippen LogP contribution < -0.4 is 0 Å². The Bertz CT molecular complexity index is 333. The molecule has 17 heavy (non-hydrogen) atoms. The van der Waals surface area contributed by atoms with Crippen LogP contribution in [0.4, 0.5) is 4.39 Å². The molecule has 0 amide bonds. The van der Waals surface area contributed by atoms with Crippen molar-refractivity contribution in [2.75, 3.05) is 26.2 Å². The monoisotopic (exact) mass is 241 g/mol. The Hall–Kier alpha value is -0.970. The molecule has 2 N–H and O–H groups in total. The van der Waals surface area contributed by atoms with Crippen molar-refractivity contribution >= 4 is 0 Å². The number of hydrogen-bond acceptors (Lipinski definition) is 3. The first-order valence-corrected chi connectivity index (χ1v) is 5.94. The SMILES string of the molecule is CCN(CCO)CCC(O)c1ccccc1F. The molecular formula is C13H20FNO2. The molecule has 0 aromatic heterocycles.